The van der Waals surface area contributed by atoms with Crippen molar-refractivity contribution in [3.8, 4) is 0 Å². The van der Waals surface area contributed by atoms with Gasteiger partial charge < -0.3 is 15.4 Å². The maximum absolute atomic E-state index is 11.9. The molecular weight excluding hydrogens is 228 g/mol. The molecule has 0 radical (unpaired) electrons. The van der Waals surface area contributed by atoms with Crippen molar-refractivity contribution in [2.75, 3.05) is 19.6 Å². The van der Waals surface area contributed by atoms with E-state index in [9.17, 15) is 4.79 Å². The van der Waals surface area contributed by atoms with E-state index < -0.39 is 5.60 Å². The second-order valence-electron chi connectivity index (χ2n) is 5.80. The van der Waals surface area contributed by atoms with Crippen LogP contribution in [0.1, 0.15) is 46.5 Å². The van der Waals surface area contributed by atoms with Crippen LogP contribution in [0.5, 0.6) is 0 Å². The topological polar surface area (TPSA) is 55.6 Å². The van der Waals surface area contributed by atoms with Crippen molar-refractivity contribution < 1.29 is 9.53 Å². The number of ether oxygens (including phenoxy) is 1. The highest BCUT2D eigenvalue weighted by atomic mass is 16.6. The third-order valence-corrected chi connectivity index (χ3v) is 2.83. The summed E-state index contributed by atoms with van der Waals surface area (Å²) in [4.78, 5) is 13.7. The van der Waals surface area contributed by atoms with Crippen molar-refractivity contribution >= 4 is 6.09 Å². The Labute approximate surface area is 110 Å². The van der Waals surface area contributed by atoms with Crippen LogP contribution in [0.15, 0.2) is 11.6 Å². The predicted octanol–water partition coefficient (Wildman–Crippen LogP) is 2.68. The number of unbranched alkanes of at least 4 members (excludes halogenated alkanes) is 1. The lowest BCUT2D eigenvalue weighted by Gasteiger charge is -2.30. The van der Waals surface area contributed by atoms with Gasteiger partial charge in [0.25, 0.3) is 0 Å². The molecule has 0 saturated carbocycles. The zero-order valence-electron chi connectivity index (χ0n) is 11.9. The van der Waals surface area contributed by atoms with E-state index in [1.54, 1.807) is 4.90 Å². The summed E-state index contributed by atoms with van der Waals surface area (Å²) in [6.45, 7) is 7.89. The minimum Gasteiger partial charge on any atom is -0.444 e. The molecule has 2 N–H and O–H groups in total. The fraction of sp³-hybridized carbons (Fsp3) is 0.786. The van der Waals surface area contributed by atoms with Gasteiger partial charge in [-0.25, -0.2) is 4.79 Å². The second kappa shape index (κ2) is 6.78. The highest BCUT2D eigenvalue weighted by Crippen LogP contribution is 2.18. The van der Waals surface area contributed by atoms with Crippen molar-refractivity contribution in [1.29, 1.82) is 0 Å². The molecule has 0 fully saturated rings. The van der Waals surface area contributed by atoms with E-state index >= 15 is 0 Å². The van der Waals surface area contributed by atoms with Crippen molar-refractivity contribution in [2.45, 2.75) is 52.1 Å². The summed E-state index contributed by atoms with van der Waals surface area (Å²) in [5.74, 6) is 0. The van der Waals surface area contributed by atoms with Crippen molar-refractivity contribution in [2.24, 2.45) is 5.73 Å². The quantitative estimate of drug-likeness (QED) is 0.620. The summed E-state index contributed by atoms with van der Waals surface area (Å²) in [5, 5.41) is 0. The van der Waals surface area contributed by atoms with E-state index in [0.29, 0.717) is 6.54 Å². The fourth-order valence-corrected chi connectivity index (χ4v) is 1.97. The molecule has 0 bridgehead atoms. The third kappa shape index (κ3) is 5.54. The largest absolute Gasteiger partial charge is 0.444 e. The molecule has 0 aromatic rings. The smallest absolute Gasteiger partial charge is 0.410 e. The van der Waals surface area contributed by atoms with Crippen LogP contribution in [0.3, 0.4) is 0 Å². The predicted molar refractivity (Wildman–Crippen MR) is 73.4 cm³/mol. The Morgan fingerprint density at radius 2 is 2.17 bits per heavy atom. The van der Waals surface area contributed by atoms with Crippen LogP contribution in [0.2, 0.25) is 0 Å². The SMILES string of the molecule is CC(C)(C)OC(=O)N1CCC=C(CCCCN)C1. The number of amides is 1. The lowest BCUT2D eigenvalue weighted by atomic mass is 10.0. The first-order valence-corrected chi connectivity index (χ1v) is 6.78. The molecule has 4 heteroatoms. The van der Waals surface area contributed by atoms with Crippen LogP contribution in [0, 0.1) is 0 Å². The molecule has 18 heavy (non-hydrogen) atoms. The number of hydrogen-bond acceptors (Lipinski definition) is 3. The van der Waals surface area contributed by atoms with E-state index in [0.717, 1.165) is 38.8 Å². The van der Waals surface area contributed by atoms with Gasteiger partial charge in [0.1, 0.15) is 5.60 Å². The third-order valence-electron chi connectivity index (χ3n) is 2.83. The standard InChI is InChI=1S/C14H26N2O2/c1-14(2,3)18-13(17)16-10-6-8-12(11-16)7-4-5-9-15/h8H,4-7,9-11,15H2,1-3H3. The van der Waals surface area contributed by atoms with Gasteiger partial charge in [0.15, 0.2) is 0 Å². The molecule has 0 saturated heterocycles. The van der Waals surface area contributed by atoms with Crippen molar-refractivity contribution in [1.82, 2.24) is 4.90 Å². The van der Waals surface area contributed by atoms with Gasteiger partial charge >= 0.3 is 6.09 Å². The first-order chi connectivity index (χ1) is 8.42. The number of nitrogens with zero attached hydrogens (tertiary/aromatic N) is 1. The monoisotopic (exact) mass is 254 g/mol. The maximum atomic E-state index is 11.9. The summed E-state index contributed by atoms with van der Waals surface area (Å²) in [6.07, 6.45) is 6.16. The molecule has 0 aliphatic carbocycles. The van der Waals surface area contributed by atoms with Crippen LogP contribution in [0.25, 0.3) is 0 Å². The Hall–Kier alpha value is -1.03. The average Bonchev–Trinajstić information content (AvgIpc) is 2.27. The van der Waals surface area contributed by atoms with Gasteiger partial charge in [-0.1, -0.05) is 11.6 Å². The van der Waals surface area contributed by atoms with Crippen LogP contribution in [0.4, 0.5) is 4.79 Å². The van der Waals surface area contributed by atoms with Crippen LogP contribution in [-0.4, -0.2) is 36.2 Å². The number of carbonyl (C=O) groups is 1. The first-order valence-electron chi connectivity index (χ1n) is 6.78. The summed E-state index contributed by atoms with van der Waals surface area (Å²) in [6, 6.07) is 0. The molecule has 0 spiro atoms. The zero-order chi connectivity index (χ0) is 13.6. The highest BCUT2D eigenvalue weighted by molar-refractivity contribution is 5.68. The van der Waals surface area contributed by atoms with Gasteiger partial charge in [0, 0.05) is 13.1 Å². The van der Waals surface area contributed by atoms with Crippen molar-refractivity contribution in [3.63, 3.8) is 0 Å². The van der Waals surface area contributed by atoms with Crippen LogP contribution < -0.4 is 5.73 Å². The normalized spacial score (nSPS) is 16.4. The van der Waals surface area contributed by atoms with E-state index in [-0.39, 0.29) is 6.09 Å². The minimum atomic E-state index is -0.419. The van der Waals surface area contributed by atoms with Gasteiger partial charge in [-0.15, -0.1) is 0 Å². The number of hydrogen-bond donors (Lipinski definition) is 1. The molecular formula is C14H26N2O2. The number of carbonyl (C=O) groups excluding carboxylic acids is 1. The summed E-state index contributed by atoms with van der Waals surface area (Å²) in [5.41, 5.74) is 6.40. The Morgan fingerprint density at radius 3 is 2.78 bits per heavy atom. The molecule has 104 valence electrons. The molecule has 1 heterocycles. The zero-order valence-corrected chi connectivity index (χ0v) is 11.9. The summed E-state index contributed by atoms with van der Waals surface area (Å²) < 4.78 is 5.39. The highest BCUT2D eigenvalue weighted by Gasteiger charge is 2.23. The minimum absolute atomic E-state index is 0.202. The van der Waals surface area contributed by atoms with Gasteiger partial charge in [0.2, 0.25) is 0 Å². The van der Waals surface area contributed by atoms with Crippen LogP contribution in [-0.2, 0) is 4.74 Å². The van der Waals surface area contributed by atoms with Crippen molar-refractivity contribution in [3.05, 3.63) is 11.6 Å². The summed E-state index contributed by atoms with van der Waals surface area (Å²) >= 11 is 0. The lowest BCUT2D eigenvalue weighted by molar-refractivity contribution is 0.0260. The lowest BCUT2D eigenvalue weighted by Crippen LogP contribution is -2.39. The van der Waals surface area contributed by atoms with E-state index in [2.05, 4.69) is 6.08 Å². The van der Waals surface area contributed by atoms with E-state index in [4.69, 9.17) is 10.5 Å². The Morgan fingerprint density at radius 1 is 1.44 bits per heavy atom. The Bertz CT molecular complexity index is 305. The molecule has 0 aromatic carbocycles. The Balaban J connectivity index is 2.41. The molecule has 0 atom stereocenters. The van der Waals surface area contributed by atoms with E-state index in [1.807, 2.05) is 20.8 Å². The molecule has 1 amide bonds. The molecule has 1 aliphatic heterocycles. The van der Waals surface area contributed by atoms with Crippen LogP contribution >= 0.6 is 0 Å². The van der Waals surface area contributed by atoms with Gasteiger partial charge in [0.05, 0.1) is 0 Å². The average molecular weight is 254 g/mol. The number of nitrogens with two attached hydrogens (primary N) is 1. The first kappa shape index (κ1) is 15.0. The number of rotatable bonds is 4. The maximum Gasteiger partial charge on any atom is 0.410 e. The van der Waals surface area contributed by atoms with Gasteiger partial charge in [-0.2, -0.15) is 0 Å². The van der Waals surface area contributed by atoms with Gasteiger partial charge in [-0.05, 0) is 53.0 Å². The Kier molecular flexibility index (Phi) is 5.66. The molecule has 4 nitrogen and oxygen atoms in total. The van der Waals surface area contributed by atoms with Gasteiger partial charge in [-0.3, -0.25) is 0 Å². The second-order valence-corrected chi connectivity index (χ2v) is 5.80. The molecule has 1 aliphatic rings. The fourth-order valence-electron chi connectivity index (χ4n) is 1.97. The van der Waals surface area contributed by atoms with E-state index in [1.165, 1.54) is 5.57 Å². The summed E-state index contributed by atoms with van der Waals surface area (Å²) in [7, 11) is 0. The molecule has 0 unspecified atom stereocenters. The molecule has 1 rings (SSSR count). The molecule has 0 aromatic heterocycles.